The molecule has 8 heteroatoms. The second-order valence-corrected chi connectivity index (χ2v) is 5.18. The maximum Gasteiger partial charge on any atom is 0.387 e. The topological polar surface area (TPSA) is 50.0 Å². The molecule has 5 nitrogen and oxygen atoms in total. The molecule has 1 heterocycles. The first-order valence-electron chi connectivity index (χ1n) is 7.56. The normalized spacial score (nSPS) is 11.2. The van der Waals surface area contributed by atoms with Gasteiger partial charge in [0.25, 0.3) is 0 Å². The largest absolute Gasteiger partial charge is 0.469 e. The lowest BCUT2D eigenvalue weighted by molar-refractivity contribution is -0.0498. The van der Waals surface area contributed by atoms with E-state index >= 15 is 0 Å². The summed E-state index contributed by atoms with van der Waals surface area (Å²) in [4.78, 5) is 6.19. The second kappa shape index (κ2) is 10.9. The molecule has 1 aromatic heterocycles. The molecular weight excluding hydrogens is 443 g/mol. The maximum absolute atomic E-state index is 12.1. The predicted molar refractivity (Wildman–Crippen MR) is 104 cm³/mol. The molecule has 0 saturated heterocycles. The van der Waals surface area contributed by atoms with Crippen molar-refractivity contribution in [2.45, 2.75) is 19.6 Å². The Morgan fingerprint density at radius 1 is 1.28 bits per heavy atom. The fraction of sp³-hybridized carbons (Fsp3) is 0.353. The van der Waals surface area contributed by atoms with E-state index in [0.29, 0.717) is 13.1 Å². The highest BCUT2D eigenvalue weighted by atomic mass is 127. The minimum Gasteiger partial charge on any atom is -0.469 e. The summed E-state index contributed by atoms with van der Waals surface area (Å²) in [6.45, 7) is -1.52. The van der Waals surface area contributed by atoms with Gasteiger partial charge in [0.2, 0.25) is 0 Å². The number of rotatable bonds is 7. The monoisotopic (exact) mass is 465 g/mol. The van der Waals surface area contributed by atoms with Crippen molar-refractivity contribution in [3.63, 3.8) is 0 Å². The molecule has 1 N–H and O–H groups in total. The Morgan fingerprint density at radius 3 is 2.56 bits per heavy atom. The molecule has 0 aliphatic heterocycles. The number of nitrogens with one attached hydrogen (secondary N) is 1. The van der Waals surface area contributed by atoms with Gasteiger partial charge < -0.3 is 19.4 Å². The van der Waals surface area contributed by atoms with Gasteiger partial charge in [0, 0.05) is 33.6 Å². The molecule has 0 amide bonds. The van der Waals surface area contributed by atoms with Gasteiger partial charge in [0.1, 0.15) is 11.5 Å². The van der Waals surface area contributed by atoms with Crippen LogP contribution in [-0.4, -0.2) is 38.1 Å². The van der Waals surface area contributed by atoms with Crippen LogP contribution in [0.2, 0.25) is 0 Å². The van der Waals surface area contributed by atoms with Crippen molar-refractivity contribution in [2.75, 3.05) is 20.6 Å². The van der Waals surface area contributed by atoms with Crippen molar-refractivity contribution in [3.8, 4) is 5.75 Å². The van der Waals surface area contributed by atoms with Crippen LogP contribution in [0, 0.1) is 0 Å². The molecule has 0 fully saturated rings. The number of aliphatic imine (C=N–C) groups is 1. The zero-order valence-electron chi connectivity index (χ0n) is 14.1. The summed E-state index contributed by atoms with van der Waals surface area (Å²) >= 11 is 0. The van der Waals surface area contributed by atoms with E-state index in [4.69, 9.17) is 4.42 Å². The SMILES string of the molecule is CN=C(NCCc1ccco1)N(C)Cc1ccc(OC(F)F)cc1.I. The van der Waals surface area contributed by atoms with Gasteiger partial charge in [0.15, 0.2) is 5.96 Å². The molecule has 0 saturated carbocycles. The van der Waals surface area contributed by atoms with Crippen molar-refractivity contribution < 1.29 is 17.9 Å². The Hall–Kier alpha value is -1.84. The van der Waals surface area contributed by atoms with E-state index in [2.05, 4.69) is 15.0 Å². The summed E-state index contributed by atoms with van der Waals surface area (Å²) in [5, 5.41) is 3.26. The number of guanidine groups is 1. The molecule has 0 aliphatic rings. The lowest BCUT2D eigenvalue weighted by Crippen LogP contribution is -2.39. The smallest absolute Gasteiger partial charge is 0.387 e. The van der Waals surface area contributed by atoms with Gasteiger partial charge in [0.05, 0.1) is 6.26 Å². The zero-order valence-corrected chi connectivity index (χ0v) is 16.4. The van der Waals surface area contributed by atoms with Crippen LogP contribution < -0.4 is 10.1 Å². The summed E-state index contributed by atoms with van der Waals surface area (Å²) in [7, 11) is 3.62. The van der Waals surface area contributed by atoms with Crippen molar-refractivity contribution in [1.29, 1.82) is 0 Å². The predicted octanol–water partition coefficient (Wildman–Crippen LogP) is 3.75. The van der Waals surface area contributed by atoms with Gasteiger partial charge in [-0.15, -0.1) is 24.0 Å². The number of hydrogen-bond acceptors (Lipinski definition) is 3. The van der Waals surface area contributed by atoms with E-state index in [1.165, 1.54) is 12.1 Å². The molecule has 0 aliphatic carbocycles. The molecule has 0 unspecified atom stereocenters. The molecule has 0 bridgehead atoms. The van der Waals surface area contributed by atoms with Gasteiger partial charge in [-0.1, -0.05) is 12.1 Å². The van der Waals surface area contributed by atoms with Crippen LogP contribution in [0.15, 0.2) is 52.1 Å². The molecule has 1 aromatic carbocycles. The zero-order chi connectivity index (χ0) is 17.4. The highest BCUT2D eigenvalue weighted by Crippen LogP contribution is 2.15. The first-order valence-corrected chi connectivity index (χ1v) is 7.56. The molecule has 0 spiro atoms. The number of benzene rings is 1. The lowest BCUT2D eigenvalue weighted by Gasteiger charge is -2.22. The van der Waals surface area contributed by atoms with E-state index in [-0.39, 0.29) is 29.7 Å². The highest BCUT2D eigenvalue weighted by molar-refractivity contribution is 14.0. The minimum atomic E-state index is -2.81. The van der Waals surface area contributed by atoms with Crippen LogP contribution in [0.4, 0.5) is 8.78 Å². The number of alkyl halides is 2. The van der Waals surface area contributed by atoms with Crippen molar-refractivity contribution in [1.82, 2.24) is 10.2 Å². The van der Waals surface area contributed by atoms with Crippen LogP contribution in [0.1, 0.15) is 11.3 Å². The average molecular weight is 465 g/mol. The maximum atomic E-state index is 12.1. The van der Waals surface area contributed by atoms with Gasteiger partial charge >= 0.3 is 6.61 Å². The van der Waals surface area contributed by atoms with E-state index in [1.54, 1.807) is 25.4 Å². The van der Waals surface area contributed by atoms with Crippen molar-refractivity contribution in [2.24, 2.45) is 4.99 Å². The Labute approximate surface area is 163 Å². The van der Waals surface area contributed by atoms with Gasteiger partial charge in [-0.25, -0.2) is 0 Å². The lowest BCUT2D eigenvalue weighted by atomic mass is 10.2. The summed E-state index contributed by atoms with van der Waals surface area (Å²) in [6, 6.07) is 10.4. The number of nitrogens with zero attached hydrogens (tertiary/aromatic N) is 2. The van der Waals surface area contributed by atoms with Crippen molar-refractivity contribution in [3.05, 3.63) is 54.0 Å². The molecule has 2 aromatic rings. The standard InChI is InChI=1S/C17H21F2N3O2.HI/c1-20-17(21-10-9-14-4-3-11-23-14)22(2)12-13-5-7-15(8-6-13)24-16(18)19;/h3-8,11,16H,9-10,12H2,1-2H3,(H,20,21);1H. The third-order valence-electron chi connectivity index (χ3n) is 3.38. The molecule has 0 atom stereocenters. The Bertz CT molecular complexity index is 634. The van der Waals surface area contributed by atoms with Crippen LogP contribution in [0.3, 0.4) is 0 Å². The first kappa shape index (κ1) is 21.2. The van der Waals surface area contributed by atoms with Gasteiger partial charge in [-0.05, 0) is 29.8 Å². The molecular formula is C17H22F2IN3O2. The third kappa shape index (κ3) is 7.29. The highest BCUT2D eigenvalue weighted by Gasteiger charge is 2.08. The van der Waals surface area contributed by atoms with E-state index in [0.717, 1.165) is 23.7 Å². The molecule has 138 valence electrons. The summed E-state index contributed by atoms with van der Waals surface area (Å²) in [5.41, 5.74) is 0.966. The number of halogens is 3. The van der Waals surface area contributed by atoms with Crippen LogP contribution in [-0.2, 0) is 13.0 Å². The van der Waals surface area contributed by atoms with Crippen LogP contribution in [0.5, 0.6) is 5.75 Å². The number of furan rings is 1. The fourth-order valence-electron chi connectivity index (χ4n) is 2.26. The van der Waals surface area contributed by atoms with Crippen LogP contribution >= 0.6 is 24.0 Å². The second-order valence-electron chi connectivity index (χ2n) is 5.18. The average Bonchev–Trinajstić information content (AvgIpc) is 3.06. The van der Waals surface area contributed by atoms with Crippen molar-refractivity contribution >= 4 is 29.9 Å². The Balaban J connectivity index is 0.00000312. The van der Waals surface area contributed by atoms with E-state index in [1.807, 2.05) is 24.1 Å². The minimum absolute atomic E-state index is 0. The van der Waals surface area contributed by atoms with E-state index in [9.17, 15) is 8.78 Å². The first-order chi connectivity index (χ1) is 11.6. The number of ether oxygens (including phenoxy) is 1. The fourth-order valence-corrected chi connectivity index (χ4v) is 2.26. The Kier molecular flexibility index (Phi) is 9.25. The number of hydrogen-bond donors (Lipinski definition) is 1. The summed E-state index contributed by atoms with van der Waals surface area (Å²) < 4.78 is 33.9. The Morgan fingerprint density at radius 2 is 2.00 bits per heavy atom. The van der Waals surface area contributed by atoms with Crippen LogP contribution in [0.25, 0.3) is 0 Å². The molecule has 25 heavy (non-hydrogen) atoms. The summed E-state index contributed by atoms with van der Waals surface area (Å²) in [5.74, 6) is 1.81. The molecule has 0 radical (unpaired) electrons. The molecule has 2 rings (SSSR count). The van der Waals surface area contributed by atoms with Gasteiger partial charge in [-0.2, -0.15) is 8.78 Å². The summed E-state index contributed by atoms with van der Waals surface area (Å²) in [6.07, 6.45) is 2.41. The third-order valence-corrected chi connectivity index (χ3v) is 3.38. The van der Waals surface area contributed by atoms with Gasteiger partial charge in [-0.3, -0.25) is 4.99 Å². The quantitative estimate of drug-likeness (QED) is 0.385. The van der Waals surface area contributed by atoms with E-state index < -0.39 is 6.61 Å².